The Morgan fingerprint density at radius 1 is 1.31 bits per heavy atom. The standard InChI is InChI=1S/C9H11F2NO/c1-5(12)6-3-7(10)8(11)4-9(6)13-2/h3-5H,12H2,1-2H3/t5-/m1/s1. The summed E-state index contributed by atoms with van der Waals surface area (Å²) >= 11 is 0. The Labute approximate surface area is 75.3 Å². The van der Waals surface area contributed by atoms with E-state index in [1.165, 1.54) is 7.11 Å². The second kappa shape index (κ2) is 3.70. The molecule has 0 unspecified atom stereocenters. The van der Waals surface area contributed by atoms with E-state index >= 15 is 0 Å². The minimum Gasteiger partial charge on any atom is -0.496 e. The fourth-order valence-electron chi connectivity index (χ4n) is 1.08. The zero-order chi connectivity index (χ0) is 10.0. The number of methoxy groups -OCH3 is 1. The van der Waals surface area contributed by atoms with Crippen LogP contribution in [0, 0.1) is 11.6 Å². The summed E-state index contributed by atoms with van der Waals surface area (Å²) in [6.07, 6.45) is 0. The van der Waals surface area contributed by atoms with Gasteiger partial charge in [-0.1, -0.05) is 0 Å². The molecule has 0 aliphatic heterocycles. The summed E-state index contributed by atoms with van der Waals surface area (Å²) < 4.78 is 30.3. The fourth-order valence-corrected chi connectivity index (χ4v) is 1.08. The topological polar surface area (TPSA) is 35.2 Å². The molecule has 1 aromatic rings. The molecule has 0 aromatic heterocycles. The zero-order valence-corrected chi connectivity index (χ0v) is 7.47. The predicted octanol–water partition coefficient (Wildman–Crippen LogP) is 1.99. The zero-order valence-electron chi connectivity index (χ0n) is 7.47. The minimum atomic E-state index is -0.929. The van der Waals surface area contributed by atoms with Gasteiger partial charge in [0.25, 0.3) is 0 Å². The molecule has 0 fully saturated rings. The highest BCUT2D eigenvalue weighted by Crippen LogP contribution is 2.26. The van der Waals surface area contributed by atoms with E-state index in [2.05, 4.69) is 0 Å². The van der Waals surface area contributed by atoms with Crippen molar-refractivity contribution in [1.29, 1.82) is 0 Å². The van der Waals surface area contributed by atoms with Crippen LogP contribution >= 0.6 is 0 Å². The molecule has 13 heavy (non-hydrogen) atoms. The van der Waals surface area contributed by atoms with Crippen molar-refractivity contribution < 1.29 is 13.5 Å². The Balaban J connectivity index is 3.25. The van der Waals surface area contributed by atoms with Crippen molar-refractivity contribution in [3.63, 3.8) is 0 Å². The molecule has 1 atom stereocenters. The maximum absolute atomic E-state index is 12.8. The summed E-state index contributed by atoms with van der Waals surface area (Å²) in [5, 5.41) is 0. The lowest BCUT2D eigenvalue weighted by atomic mass is 10.1. The van der Waals surface area contributed by atoms with Gasteiger partial charge in [-0.3, -0.25) is 0 Å². The van der Waals surface area contributed by atoms with Crippen LogP contribution in [0.3, 0.4) is 0 Å². The summed E-state index contributed by atoms with van der Waals surface area (Å²) in [4.78, 5) is 0. The highest BCUT2D eigenvalue weighted by atomic mass is 19.2. The number of hydrogen-bond acceptors (Lipinski definition) is 2. The molecule has 1 aromatic carbocycles. The van der Waals surface area contributed by atoms with Crippen LogP contribution < -0.4 is 10.5 Å². The van der Waals surface area contributed by atoms with Gasteiger partial charge >= 0.3 is 0 Å². The average molecular weight is 187 g/mol. The van der Waals surface area contributed by atoms with Crippen molar-refractivity contribution in [3.05, 3.63) is 29.3 Å². The van der Waals surface area contributed by atoms with Gasteiger partial charge in [0, 0.05) is 17.7 Å². The molecule has 72 valence electrons. The highest BCUT2D eigenvalue weighted by Gasteiger charge is 2.12. The van der Waals surface area contributed by atoms with Crippen LogP contribution in [0.4, 0.5) is 8.78 Å². The second-order valence-corrected chi connectivity index (χ2v) is 2.80. The number of halogens is 2. The molecule has 0 amide bonds. The van der Waals surface area contributed by atoms with Crippen molar-refractivity contribution in [1.82, 2.24) is 0 Å². The van der Waals surface area contributed by atoms with Crippen LogP contribution in [-0.4, -0.2) is 7.11 Å². The van der Waals surface area contributed by atoms with Crippen molar-refractivity contribution in [3.8, 4) is 5.75 Å². The first-order valence-corrected chi connectivity index (χ1v) is 3.84. The molecular weight excluding hydrogens is 176 g/mol. The second-order valence-electron chi connectivity index (χ2n) is 2.80. The molecule has 0 spiro atoms. The van der Waals surface area contributed by atoms with Crippen LogP contribution in [0.1, 0.15) is 18.5 Å². The molecule has 0 radical (unpaired) electrons. The number of hydrogen-bond donors (Lipinski definition) is 1. The normalized spacial score (nSPS) is 12.7. The first-order chi connectivity index (χ1) is 6.06. The van der Waals surface area contributed by atoms with E-state index in [1.54, 1.807) is 6.92 Å². The van der Waals surface area contributed by atoms with Crippen molar-refractivity contribution in [2.45, 2.75) is 13.0 Å². The molecule has 0 saturated heterocycles. The summed E-state index contributed by atoms with van der Waals surface area (Å²) in [5.41, 5.74) is 6.00. The van der Waals surface area contributed by atoms with Gasteiger partial charge in [-0.05, 0) is 13.0 Å². The Kier molecular flexibility index (Phi) is 2.83. The van der Waals surface area contributed by atoms with Crippen LogP contribution in [0.25, 0.3) is 0 Å². The highest BCUT2D eigenvalue weighted by molar-refractivity contribution is 5.36. The lowest BCUT2D eigenvalue weighted by molar-refractivity contribution is 0.397. The molecule has 1 rings (SSSR count). The quantitative estimate of drug-likeness (QED) is 0.768. The van der Waals surface area contributed by atoms with Crippen LogP contribution in [-0.2, 0) is 0 Å². The van der Waals surface area contributed by atoms with E-state index in [4.69, 9.17) is 10.5 Å². The van der Waals surface area contributed by atoms with Crippen LogP contribution in [0.2, 0.25) is 0 Å². The first-order valence-electron chi connectivity index (χ1n) is 3.84. The predicted molar refractivity (Wildman–Crippen MR) is 45.5 cm³/mol. The monoisotopic (exact) mass is 187 g/mol. The van der Waals surface area contributed by atoms with E-state index in [9.17, 15) is 8.78 Å². The molecule has 0 aliphatic carbocycles. The van der Waals surface area contributed by atoms with E-state index in [0.717, 1.165) is 12.1 Å². The fraction of sp³-hybridized carbons (Fsp3) is 0.333. The maximum Gasteiger partial charge on any atom is 0.162 e. The summed E-state index contributed by atoms with van der Waals surface area (Å²) in [5.74, 6) is -1.57. The van der Waals surface area contributed by atoms with Gasteiger partial charge in [0.05, 0.1) is 7.11 Å². The third-order valence-corrected chi connectivity index (χ3v) is 1.76. The minimum absolute atomic E-state index is 0.272. The Bertz CT molecular complexity index is 313. The van der Waals surface area contributed by atoms with E-state index in [1.807, 2.05) is 0 Å². The number of rotatable bonds is 2. The summed E-state index contributed by atoms with van der Waals surface area (Å²) in [6.45, 7) is 1.68. The van der Waals surface area contributed by atoms with Gasteiger partial charge in [-0.15, -0.1) is 0 Å². The molecule has 0 heterocycles. The third-order valence-electron chi connectivity index (χ3n) is 1.76. The lowest BCUT2D eigenvalue weighted by Gasteiger charge is -2.11. The van der Waals surface area contributed by atoms with Crippen molar-refractivity contribution in [2.24, 2.45) is 5.73 Å². The van der Waals surface area contributed by atoms with Gasteiger partial charge in [-0.2, -0.15) is 0 Å². The summed E-state index contributed by atoms with van der Waals surface area (Å²) in [6, 6.07) is 1.66. The molecule has 0 aliphatic rings. The van der Waals surface area contributed by atoms with E-state index < -0.39 is 11.6 Å². The van der Waals surface area contributed by atoms with Crippen LogP contribution in [0.15, 0.2) is 12.1 Å². The molecule has 4 heteroatoms. The molecule has 2 nitrogen and oxygen atoms in total. The molecular formula is C9H11F2NO. The number of ether oxygens (including phenoxy) is 1. The first kappa shape index (κ1) is 9.92. The van der Waals surface area contributed by atoms with E-state index in [-0.39, 0.29) is 11.8 Å². The van der Waals surface area contributed by atoms with Gasteiger partial charge in [0.2, 0.25) is 0 Å². The van der Waals surface area contributed by atoms with Crippen molar-refractivity contribution in [2.75, 3.05) is 7.11 Å². The Morgan fingerprint density at radius 2 is 1.85 bits per heavy atom. The van der Waals surface area contributed by atoms with E-state index in [0.29, 0.717) is 5.56 Å². The number of nitrogens with two attached hydrogens (primary N) is 1. The average Bonchev–Trinajstić information content (AvgIpc) is 2.08. The molecule has 0 saturated carbocycles. The SMILES string of the molecule is COc1cc(F)c(F)cc1[C@@H](C)N. The molecule has 2 N–H and O–H groups in total. The van der Waals surface area contributed by atoms with Crippen molar-refractivity contribution >= 4 is 0 Å². The van der Waals surface area contributed by atoms with Gasteiger partial charge in [-0.25, -0.2) is 8.78 Å². The lowest BCUT2D eigenvalue weighted by Crippen LogP contribution is -2.08. The van der Waals surface area contributed by atoms with Crippen LogP contribution in [0.5, 0.6) is 5.75 Å². The number of benzene rings is 1. The van der Waals surface area contributed by atoms with Gasteiger partial charge in [0.1, 0.15) is 5.75 Å². The summed E-state index contributed by atoms with van der Waals surface area (Å²) in [7, 11) is 1.39. The third kappa shape index (κ3) is 1.95. The largest absolute Gasteiger partial charge is 0.496 e. The molecule has 0 bridgehead atoms. The Hall–Kier alpha value is -1.16. The maximum atomic E-state index is 12.8. The Morgan fingerprint density at radius 3 is 2.31 bits per heavy atom. The van der Waals surface area contributed by atoms with Gasteiger partial charge in [0.15, 0.2) is 11.6 Å². The smallest absolute Gasteiger partial charge is 0.162 e. The van der Waals surface area contributed by atoms with Gasteiger partial charge < -0.3 is 10.5 Å².